The molecule has 1 aliphatic rings. The van der Waals surface area contributed by atoms with Crippen molar-refractivity contribution >= 4 is 10.0 Å². The van der Waals surface area contributed by atoms with Gasteiger partial charge in [-0.15, -0.1) is 0 Å². The number of aromatic nitrogens is 1. The molecule has 1 aromatic heterocycles. The largest absolute Gasteiger partial charge is 0.478 e. The summed E-state index contributed by atoms with van der Waals surface area (Å²) >= 11 is 0. The van der Waals surface area contributed by atoms with Gasteiger partial charge in [0, 0.05) is 25.6 Å². The summed E-state index contributed by atoms with van der Waals surface area (Å²) in [7, 11) is -3.71. The maximum absolute atomic E-state index is 13.3. The first-order chi connectivity index (χ1) is 11.0. The highest BCUT2D eigenvalue weighted by molar-refractivity contribution is 7.89. The van der Waals surface area contributed by atoms with Gasteiger partial charge < -0.3 is 4.74 Å². The number of halogens is 1. The Balaban J connectivity index is 1.87. The predicted molar refractivity (Wildman–Crippen MR) is 83.1 cm³/mol. The molecule has 3 rings (SSSR count). The number of fused-ring (bicyclic) bond motifs is 1. The number of benzene rings is 1. The number of rotatable bonds is 4. The molecule has 0 N–H and O–H groups in total. The highest BCUT2D eigenvalue weighted by Gasteiger charge is 2.29. The van der Waals surface area contributed by atoms with Crippen molar-refractivity contribution in [3.63, 3.8) is 0 Å². The number of pyridine rings is 1. The minimum Gasteiger partial charge on any atom is -0.478 e. The van der Waals surface area contributed by atoms with Gasteiger partial charge in [-0.25, -0.2) is 17.8 Å². The fraction of sp³-hybridized carbons (Fsp3) is 0.312. The Morgan fingerprint density at radius 3 is 2.87 bits per heavy atom. The lowest BCUT2D eigenvalue weighted by Crippen LogP contribution is -2.36. The molecule has 0 bridgehead atoms. The van der Waals surface area contributed by atoms with E-state index in [1.54, 1.807) is 6.07 Å². The van der Waals surface area contributed by atoms with Crippen LogP contribution in [0.4, 0.5) is 4.39 Å². The minimum atomic E-state index is -3.71. The second-order valence-corrected chi connectivity index (χ2v) is 7.17. The second kappa shape index (κ2) is 6.25. The first-order valence-corrected chi connectivity index (χ1v) is 8.82. The fourth-order valence-electron chi connectivity index (χ4n) is 2.58. The number of hydrogen-bond acceptors (Lipinski definition) is 4. The fourth-order valence-corrected chi connectivity index (χ4v) is 4.03. The Kier molecular flexibility index (Phi) is 4.32. The number of hydrogen-bond donors (Lipinski definition) is 0. The van der Waals surface area contributed by atoms with Gasteiger partial charge in [-0.2, -0.15) is 4.31 Å². The van der Waals surface area contributed by atoms with Crippen LogP contribution in [0, 0.1) is 5.82 Å². The van der Waals surface area contributed by atoms with Gasteiger partial charge in [0.1, 0.15) is 5.82 Å². The highest BCUT2D eigenvalue weighted by atomic mass is 32.2. The Bertz CT molecular complexity index is 824. The highest BCUT2D eigenvalue weighted by Crippen LogP contribution is 2.25. The molecule has 0 aliphatic carbocycles. The van der Waals surface area contributed by atoms with Crippen LogP contribution in [-0.2, 0) is 23.0 Å². The van der Waals surface area contributed by atoms with E-state index in [9.17, 15) is 12.8 Å². The van der Waals surface area contributed by atoms with Crippen molar-refractivity contribution in [3.8, 4) is 5.88 Å². The van der Waals surface area contributed by atoms with E-state index in [2.05, 4.69) is 4.98 Å². The molecule has 2 aromatic rings. The lowest BCUT2D eigenvalue weighted by atomic mass is 10.1. The molecule has 0 fully saturated rings. The molecule has 0 amide bonds. The van der Waals surface area contributed by atoms with E-state index in [0.717, 1.165) is 17.3 Å². The van der Waals surface area contributed by atoms with E-state index < -0.39 is 15.8 Å². The first-order valence-electron chi connectivity index (χ1n) is 7.38. The maximum atomic E-state index is 13.3. The van der Waals surface area contributed by atoms with E-state index in [1.165, 1.54) is 22.5 Å². The standard InChI is InChI=1S/C16H17FN2O3S/c1-2-22-16-7-6-12-11-19(9-8-15(12)18-16)23(20,21)14-5-3-4-13(17)10-14/h3-7,10H,2,8-9,11H2,1H3. The quantitative estimate of drug-likeness (QED) is 0.860. The normalized spacial score (nSPS) is 15.2. The number of ether oxygens (including phenoxy) is 1. The Hall–Kier alpha value is -1.99. The molecule has 0 saturated heterocycles. The summed E-state index contributed by atoms with van der Waals surface area (Å²) in [5.41, 5.74) is 1.70. The van der Waals surface area contributed by atoms with Crippen LogP contribution < -0.4 is 4.74 Å². The van der Waals surface area contributed by atoms with E-state index >= 15 is 0 Å². The zero-order valence-corrected chi connectivity index (χ0v) is 13.5. The van der Waals surface area contributed by atoms with Crippen molar-refractivity contribution in [2.75, 3.05) is 13.2 Å². The molecular weight excluding hydrogens is 319 g/mol. The molecule has 1 aromatic carbocycles. The Morgan fingerprint density at radius 1 is 1.30 bits per heavy atom. The maximum Gasteiger partial charge on any atom is 0.243 e. The van der Waals surface area contributed by atoms with Crippen molar-refractivity contribution < 1.29 is 17.5 Å². The third-order valence-electron chi connectivity index (χ3n) is 3.71. The third kappa shape index (κ3) is 3.20. The summed E-state index contributed by atoms with van der Waals surface area (Å²) in [4.78, 5) is 4.37. The molecule has 5 nitrogen and oxygen atoms in total. The molecular formula is C16H17FN2O3S. The molecule has 122 valence electrons. The Labute approximate surface area is 134 Å². The minimum absolute atomic E-state index is 0.0279. The summed E-state index contributed by atoms with van der Waals surface area (Å²) in [6, 6.07) is 8.65. The van der Waals surface area contributed by atoms with Crippen LogP contribution in [-0.4, -0.2) is 30.9 Å². The van der Waals surface area contributed by atoms with E-state index in [1.807, 2.05) is 13.0 Å². The lowest BCUT2D eigenvalue weighted by molar-refractivity contribution is 0.322. The summed E-state index contributed by atoms with van der Waals surface area (Å²) in [6.07, 6.45) is 0.505. The van der Waals surface area contributed by atoms with Gasteiger partial charge in [0.25, 0.3) is 0 Å². The monoisotopic (exact) mass is 336 g/mol. The van der Waals surface area contributed by atoms with Gasteiger partial charge in [0.2, 0.25) is 15.9 Å². The van der Waals surface area contributed by atoms with Gasteiger partial charge >= 0.3 is 0 Å². The van der Waals surface area contributed by atoms with Gasteiger partial charge in [-0.3, -0.25) is 0 Å². The average molecular weight is 336 g/mol. The zero-order valence-electron chi connectivity index (χ0n) is 12.7. The van der Waals surface area contributed by atoms with Gasteiger partial charge in [-0.1, -0.05) is 12.1 Å². The van der Waals surface area contributed by atoms with Crippen LogP contribution in [0.2, 0.25) is 0 Å². The van der Waals surface area contributed by atoms with Crippen molar-refractivity contribution in [2.45, 2.75) is 24.8 Å². The van der Waals surface area contributed by atoms with Crippen LogP contribution in [0.25, 0.3) is 0 Å². The molecule has 0 atom stereocenters. The zero-order chi connectivity index (χ0) is 16.4. The number of nitrogens with zero attached hydrogens (tertiary/aromatic N) is 2. The van der Waals surface area contributed by atoms with Crippen LogP contribution in [0.15, 0.2) is 41.3 Å². The van der Waals surface area contributed by atoms with Gasteiger partial charge in [0.15, 0.2) is 0 Å². The van der Waals surface area contributed by atoms with Crippen LogP contribution >= 0.6 is 0 Å². The average Bonchev–Trinajstić information content (AvgIpc) is 2.54. The smallest absolute Gasteiger partial charge is 0.243 e. The van der Waals surface area contributed by atoms with Crippen molar-refractivity contribution in [1.29, 1.82) is 0 Å². The van der Waals surface area contributed by atoms with Crippen LogP contribution in [0.3, 0.4) is 0 Å². The molecule has 1 aliphatic heterocycles. The predicted octanol–water partition coefficient (Wildman–Crippen LogP) is 2.37. The molecule has 0 unspecified atom stereocenters. The number of sulfonamides is 1. The van der Waals surface area contributed by atoms with Crippen molar-refractivity contribution in [3.05, 3.63) is 53.5 Å². The summed E-state index contributed by atoms with van der Waals surface area (Å²) in [5, 5.41) is 0. The molecule has 0 radical (unpaired) electrons. The molecule has 7 heteroatoms. The Morgan fingerprint density at radius 2 is 2.13 bits per heavy atom. The summed E-state index contributed by atoms with van der Waals surface area (Å²) in [5.74, 6) is -0.0146. The van der Waals surface area contributed by atoms with Crippen molar-refractivity contribution in [1.82, 2.24) is 9.29 Å². The topological polar surface area (TPSA) is 59.5 Å². The van der Waals surface area contributed by atoms with E-state index in [-0.39, 0.29) is 11.4 Å². The molecule has 2 heterocycles. The van der Waals surface area contributed by atoms with Crippen LogP contribution in [0.5, 0.6) is 5.88 Å². The van der Waals surface area contributed by atoms with Gasteiger partial charge in [-0.05, 0) is 30.7 Å². The second-order valence-electron chi connectivity index (χ2n) is 5.23. The third-order valence-corrected chi connectivity index (χ3v) is 5.55. The summed E-state index contributed by atoms with van der Waals surface area (Å²) < 4.78 is 45.3. The SMILES string of the molecule is CCOc1ccc2c(n1)CCN(S(=O)(=O)c1cccc(F)c1)C2. The van der Waals surface area contributed by atoms with E-state index in [4.69, 9.17) is 4.74 Å². The molecule has 0 saturated carbocycles. The summed E-state index contributed by atoms with van der Waals surface area (Å²) in [6.45, 7) is 2.96. The lowest BCUT2D eigenvalue weighted by Gasteiger charge is -2.27. The van der Waals surface area contributed by atoms with Crippen LogP contribution in [0.1, 0.15) is 18.2 Å². The first kappa shape index (κ1) is 15.9. The van der Waals surface area contributed by atoms with E-state index in [0.29, 0.717) is 25.5 Å². The van der Waals surface area contributed by atoms with Crippen molar-refractivity contribution in [2.24, 2.45) is 0 Å². The molecule has 0 spiro atoms. The molecule has 23 heavy (non-hydrogen) atoms. The van der Waals surface area contributed by atoms with Gasteiger partial charge in [0.05, 0.1) is 17.2 Å².